The quantitative estimate of drug-likeness (QED) is 0.715. The molecule has 2 aliphatic rings. The van der Waals surface area contributed by atoms with Crippen LogP contribution < -0.4 is 0 Å². The van der Waals surface area contributed by atoms with Gasteiger partial charge in [-0.15, -0.1) is 0 Å². The van der Waals surface area contributed by atoms with Crippen LogP contribution in [0.3, 0.4) is 0 Å². The Morgan fingerprint density at radius 2 is 1.93 bits per heavy atom. The SMILES string of the molecule is O=C(c1cccc2[nH]cnc12)N1CC[C@@](O)(c2ccccc2)[C@@H]2CCCC[C@@H]21. The van der Waals surface area contributed by atoms with Gasteiger partial charge in [-0.05, 0) is 37.0 Å². The number of nitrogens with zero attached hydrogens (tertiary/aromatic N) is 2. The number of benzene rings is 2. The molecule has 2 aromatic carbocycles. The van der Waals surface area contributed by atoms with Gasteiger partial charge in [-0.1, -0.05) is 49.2 Å². The zero-order valence-corrected chi connectivity index (χ0v) is 15.8. The first-order chi connectivity index (χ1) is 13.7. The van der Waals surface area contributed by atoms with E-state index in [4.69, 9.17) is 0 Å². The summed E-state index contributed by atoms with van der Waals surface area (Å²) in [7, 11) is 0. The summed E-state index contributed by atoms with van der Waals surface area (Å²) >= 11 is 0. The highest BCUT2D eigenvalue weighted by Gasteiger charge is 2.50. The van der Waals surface area contributed by atoms with E-state index in [9.17, 15) is 9.90 Å². The van der Waals surface area contributed by atoms with E-state index < -0.39 is 5.60 Å². The van der Waals surface area contributed by atoms with Crippen molar-refractivity contribution in [1.29, 1.82) is 0 Å². The van der Waals surface area contributed by atoms with Crippen LogP contribution in [0.15, 0.2) is 54.9 Å². The van der Waals surface area contributed by atoms with Gasteiger partial charge in [0.1, 0.15) is 5.52 Å². The highest BCUT2D eigenvalue weighted by molar-refractivity contribution is 6.05. The predicted molar refractivity (Wildman–Crippen MR) is 108 cm³/mol. The van der Waals surface area contributed by atoms with Crippen molar-refractivity contribution in [3.8, 4) is 0 Å². The molecule has 5 rings (SSSR count). The highest BCUT2D eigenvalue weighted by Crippen LogP contribution is 2.47. The fourth-order valence-electron chi connectivity index (χ4n) is 5.31. The van der Waals surface area contributed by atoms with Gasteiger partial charge in [-0.3, -0.25) is 4.79 Å². The maximum absolute atomic E-state index is 13.5. The lowest BCUT2D eigenvalue weighted by molar-refractivity contribution is -0.110. The van der Waals surface area contributed by atoms with Crippen LogP contribution in [-0.2, 0) is 5.60 Å². The van der Waals surface area contributed by atoms with Crippen LogP contribution in [0.25, 0.3) is 11.0 Å². The van der Waals surface area contributed by atoms with Crippen LogP contribution in [0.5, 0.6) is 0 Å². The minimum absolute atomic E-state index is 0.0321. The van der Waals surface area contributed by atoms with Crippen molar-refractivity contribution < 1.29 is 9.90 Å². The average molecular weight is 375 g/mol. The molecular formula is C23H25N3O2. The van der Waals surface area contributed by atoms with Gasteiger partial charge in [0, 0.05) is 18.5 Å². The number of hydrogen-bond acceptors (Lipinski definition) is 3. The Bertz CT molecular complexity index is 999. The number of aliphatic hydroxyl groups is 1. The molecule has 3 aromatic rings. The summed E-state index contributed by atoms with van der Waals surface area (Å²) in [5, 5.41) is 11.7. The molecule has 1 aromatic heterocycles. The molecule has 2 N–H and O–H groups in total. The van der Waals surface area contributed by atoms with Crippen LogP contribution in [-0.4, -0.2) is 38.5 Å². The number of imidazole rings is 1. The van der Waals surface area contributed by atoms with Crippen LogP contribution in [0.4, 0.5) is 0 Å². The molecule has 0 radical (unpaired) electrons. The molecule has 0 bridgehead atoms. The minimum atomic E-state index is -0.860. The lowest BCUT2D eigenvalue weighted by atomic mass is 9.66. The monoisotopic (exact) mass is 375 g/mol. The summed E-state index contributed by atoms with van der Waals surface area (Å²) in [6.07, 6.45) is 6.31. The third-order valence-corrected chi connectivity index (χ3v) is 6.69. The number of H-pyrrole nitrogens is 1. The Balaban J connectivity index is 1.51. The third-order valence-electron chi connectivity index (χ3n) is 6.69. The molecule has 1 aliphatic carbocycles. The van der Waals surface area contributed by atoms with Gasteiger partial charge in [0.2, 0.25) is 0 Å². The number of likely N-dealkylation sites (tertiary alicyclic amines) is 1. The Labute approximate surface area is 164 Å². The Morgan fingerprint density at radius 3 is 2.79 bits per heavy atom. The second-order valence-electron chi connectivity index (χ2n) is 8.10. The molecular weight excluding hydrogens is 350 g/mol. The van der Waals surface area contributed by atoms with E-state index in [0.717, 1.165) is 42.3 Å². The second kappa shape index (κ2) is 6.74. The summed E-state index contributed by atoms with van der Waals surface area (Å²) in [6, 6.07) is 15.8. The van der Waals surface area contributed by atoms with Crippen LogP contribution in [0.2, 0.25) is 0 Å². The number of amides is 1. The van der Waals surface area contributed by atoms with Crippen molar-refractivity contribution in [2.75, 3.05) is 6.54 Å². The number of aromatic nitrogens is 2. The molecule has 2 fully saturated rings. The largest absolute Gasteiger partial charge is 0.385 e. The number of piperidine rings is 1. The first-order valence-corrected chi connectivity index (χ1v) is 10.2. The average Bonchev–Trinajstić information content (AvgIpc) is 3.23. The van der Waals surface area contributed by atoms with E-state index >= 15 is 0 Å². The van der Waals surface area contributed by atoms with Crippen LogP contribution >= 0.6 is 0 Å². The van der Waals surface area contributed by atoms with Gasteiger partial charge in [-0.25, -0.2) is 4.98 Å². The number of hydrogen-bond donors (Lipinski definition) is 2. The minimum Gasteiger partial charge on any atom is -0.385 e. The first kappa shape index (κ1) is 17.4. The summed E-state index contributed by atoms with van der Waals surface area (Å²) in [6.45, 7) is 0.562. The Kier molecular flexibility index (Phi) is 4.20. The fraction of sp³-hybridized carbons (Fsp3) is 0.391. The molecule has 28 heavy (non-hydrogen) atoms. The van der Waals surface area contributed by atoms with Gasteiger partial charge in [0.25, 0.3) is 5.91 Å². The van der Waals surface area contributed by atoms with Crippen molar-refractivity contribution in [2.45, 2.75) is 43.7 Å². The summed E-state index contributed by atoms with van der Waals surface area (Å²) in [4.78, 5) is 23.0. The van der Waals surface area contributed by atoms with Crippen molar-refractivity contribution in [3.05, 3.63) is 66.0 Å². The molecule has 2 heterocycles. The maximum atomic E-state index is 13.5. The molecule has 0 unspecified atom stereocenters. The van der Waals surface area contributed by atoms with E-state index in [1.807, 2.05) is 53.4 Å². The zero-order valence-electron chi connectivity index (χ0n) is 15.8. The number of aromatic amines is 1. The number of nitrogens with one attached hydrogen (secondary N) is 1. The van der Waals surface area contributed by atoms with E-state index in [-0.39, 0.29) is 17.9 Å². The summed E-state index contributed by atoms with van der Waals surface area (Å²) < 4.78 is 0. The number of rotatable bonds is 2. The van der Waals surface area contributed by atoms with Crippen molar-refractivity contribution >= 4 is 16.9 Å². The first-order valence-electron chi connectivity index (χ1n) is 10.2. The summed E-state index contributed by atoms with van der Waals surface area (Å²) in [5.41, 5.74) is 2.37. The normalized spacial score (nSPS) is 27.5. The second-order valence-corrected chi connectivity index (χ2v) is 8.10. The van der Waals surface area contributed by atoms with Crippen molar-refractivity contribution in [3.63, 3.8) is 0 Å². The van der Waals surface area contributed by atoms with E-state index in [1.165, 1.54) is 0 Å². The van der Waals surface area contributed by atoms with E-state index in [0.29, 0.717) is 18.5 Å². The third kappa shape index (κ3) is 2.65. The molecule has 5 heteroatoms. The van der Waals surface area contributed by atoms with Crippen molar-refractivity contribution in [1.82, 2.24) is 14.9 Å². The number of para-hydroxylation sites is 1. The molecule has 5 nitrogen and oxygen atoms in total. The Hall–Kier alpha value is -2.66. The molecule has 1 saturated heterocycles. The molecule has 144 valence electrons. The lowest BCUT2D eigenvalue weighted by Gasteiger charge is -2.52. The van der Waals surface area contributed by atoms with Gasteiger partial charge in [0.15, 0.2) is 0 Å². The summed E-state index contributed by atoms with van der Waals surface area (Å²) in [5.74, 6) is 0.101. The molecule has 1 aliphatic heterocycles. The van der Waals surface area contributed by atoms with Crippen LogP contribution in [0.1, 0.15) is 48.0 Å². The number of carbonyl (C=O) groups excluding carboxylic acids is 1. The lowest BCUT2D eigenvalue weighted by Crippen LogP contribution is -2.59. The smallest absolute Gasteiger partial charge is 0.256 e. The standard InChI is InChI=1S/C23H25N3O2/c27-22(17-9-6-11-19-21(17)25-15-24-19)26-14-13-23(28,16-7-2-1-3-8-16)18-10-4-5-12-20(18)26/h1-3,6-9,11,15,18,20,28H,4-5,10,12-14H2,(H,24,25)/t18-,20+,23-/m1/s1. The highest BCUT2D eigenvalue weighted by atomic mass is 16.3. The zero-order chi connectivity index (χ0) is 19.1. The number of fused-ring (bicyclic) bond motifs is 2. The molecule has 1 amide bonds. The van der Waals surface area contributed by atoms with Gasteiger partial charge in [0.05, 0.1) is 23.0 Å². The maximum Gasteiger partial charge on any atom is 0.256 e. The molecule has 3 atom stereocenters. The van der Waals surface area contributed by atoms with Gasteiger partial charge < -0.3 is 15.0 Å². The fourth-order valence-corrected chi connectivity index (χ4v) is 5.31. The topological polar surface area (TPSA) is 69.2 Å². The van der Waals surface area contributed by atoms with Gasteiger partial charge in [-0.2, -0.15) is 0 Å². The number of carbonyl (C=O) groups is 1. The molecule has 1 saturated carbocycles. The molecule has 0 spiro atoms. The van der Waals surface area contributed by atoms with Gasteiger partial charge >= 0.3 is 0 Å². The van der Waals surface area contributed by atoms with E-state index in [2.05, 4.69) is 9.97 Å². The van der Waals surface area contributed by atoms with Crippen LogP contribution in [0, 0.1) is 5.92 Å². The Morgan fingerprint density at radius 1 is 1.11 bits per heavy atom. The van der Waals surface area contributed by atoms with E-state index in [1.54, 1.807) is 6.33 Å². The predicted octanol–water partition coefficient (Wildman–Crippen LogP) is 3.86. The van der Waals surface area contributed by atoms with Crippen molar-refractivity contribution in [2.24, 2.45) is 5.92 Å².